The van der Waals surface area contributed by atoms with Crippen LogP contribution >= 0.6 is 11.6 Å². The first kappa shape index (κ1) is 12.2. The van der Waals surface area contributed by atoms with Crippen LogP contribution in [0.2, 0.25) is 5.02 Å². The number of halogens is 1. The fraction of sp³-hybridized carbons (Fsp3) is 0.231. The van der Waals surface area contributed by atoms with Gasteiger partial charge in [-0.1, -0.05) is 23.7 Å². The van der Waals surface area contributed by atoms with E-state index < -0.39 is 0 Å². The smallest absolute Gasteiger partial charge is 0.257 e. The minimum absolute atomic E-state index is 0.105. The molecule has 0 amide bonds. The Morgan fingerprint density at radius 1 is 1.32 bits per heavy atom. The van der Waals surface area contributed by atoms with Gasteiger partial charge < -0.3 is 10.6 Å². The van der Waals surface area contributed by atoms with Gasteiger partial charge in [0.2, 0.25) is 5.95 Å². The lowest BCUT2D eigenvalue weighted by Crippen LogP contribution is -2.31. The third-order valence-electron chi connectivity index (χ3n) is 3.07. The quantitative estimate of drug-likeness (QED) is 0.782. The minimum Gasteiger partial charge on any atom is -0.324 e. The van der Waals surface area contributed by atoms with Gasteiger partial charge >= 0.3 is 0 Å². The molecule has 0 aliphatic carbocycles. The number of benzene rings is 1. The fourth-order valence-corrected chi connectivity index (χ4v) is 2.29. The maximum absolute atomic E-state index is 12.0. The van der Waals surface area contributed by atoms with Crippen LogP contribution in [0.3, 0.4) is 0 Å². The number of rotatable bonds is 2. The number of para-hydroxylation sites is 1. The van der Waals surface area contributed by atoms with Gasteiger partial charge in [0.1, 0.15) is 0 Å². The monoisotopic (exact) mass is 276 g/mol. The second-order valence-corrected chi connectivity index (χ2v) is 4.78. The number of nitrogens with zero attached hydrogens (tertiary/aromatic N) is 1. The van der Waals surface area contributed by atoms with Crippen molar-refractivity contribution in [3.05, 3.63) is 50.9 Å². The molecule has 0 saturated carbocycles. The third kappa shape index (κ3) is 2.47. The summed E-state index contributed by atoms with van der Waals surface area (Å²) in [5, 5.41) is 6.79. The van der Waals surface area contributed by atoms with Crippen LogP contribution in [0.1, 0.15) is 11.3 Å². The maximum Gasteiger partial charge on any atom is 0.257 e. The van der Waals surface area contributed by atoms with E-state index in [1.165, 1.54) is 0 Å². The van der Waals surface area contributed by atoms with E-state index in [4.69, 9.17) is 11.6 Å². The molecular formula is C13H13ClN4O. The van der Waals surface area contributed by atoms with Crippen molar-refractivity contribution >= 4 is 23.2 Å². The lowest BCUT2D eigenvalue weighted by Gasteiger charge is -2.16. The normalized spacial score (nSPS) is 13.9. The Kier molecular flexibility index (Phi) is 3.23. The standard InChI is InChI=1S/C13H13ClN4O/c14-9-3-1-2-4-11(9)17-13-16-10-5-6-15-7-8(10)12(19)18-13/h1-4,15H,5-7H2,(H2,16,17,18,19). The second kappa shape index (κ2) is 5.03. The van der Waals surface area contributed by atoms with Gasteiger partial charge in [-0.25, -0.2) is 4.98 Å². The van der Waals surface area contributed by atoms with E-state index in [1.807, 2.05) is 18.2 Å². The van der Waals surface area contributed by atoms with E-state index in [9.17, 15) is 4.79 Å². The lowest BCUT2D eigenvalue weighted by molar-refractivity contribution is 0.621. The highest BCUT2D eigenvalue weighted by Gasteiger charge is 2.15. The number of hydrogen-bond acceptors (Lipinski definition) is 4. The van der Waals surface area contributed by atoms with E-state index in [1.54, 1.807) is 6.07 Å². The van der Waals surface area contributed by atoms with Crippen molar-refractivity contribution in [2.45, 2.75) is 13.0 Å². The zero-order chi connectivity index (χ0) is 13.2. The largest absolute Gasteiger partial charge is 0.324 e. The highest BCUT2D eigenvalue weighted by molar-refractivity contribution is 6.33. The minimum atomic E-state index is -0.105. The summed E-state index contributed by atoms with van der Waals surface area (Å²) in [6, 6.07) is 7.34. The average Bonchev–Trinajstić information content (AvgIpc) is 2.42. The van der Waals surface area contributed by atoms with Crippen LogP contribution in [0.5, 0.6) is 0 Å². The van der Waals surface area contributed by atoms with Crippen LogP contribution in [0, 0.1) is 0 Å². The van der Waals surface area contributed by atoms with Crippen molar-refractivity contribution in [1.29, 1.82) is 0 Å². The van der Waals surface area contributed by atoms with Crippen LogP contribution in [0.4, 0.5) is 11.6 Å². The summed E-state index contributed by atoms with van der Waals surface area (Å²) >= 11 is 6.07. The first-order valence-corrected chi connectivity index (χ1v) is 6.46. The molecule has 2 heterocycles. The molecular weight excluding hydrogens is 264 g/mol. The van der Waals surface area contributed by atoms with Gasteiger partial charge in [-0.3, -0.25) is 9.78 Å². The Hall–Kier alpha value is -1.85. The zero-order valence-electron chi connectivity index (χ0n) is 10.2. The van der Waals surface area contributed by atoms with Crippen LogP contribution in [-0.2, 0) is 13.0 Å². The topological polar surface area (TPSA) is 69.8 Å². The number of hydrogen-bond donors (Lipinski definition) is 3. The predicted molar refractivity (Wildman–Crippen MR) is 75.0 cm³/mol. The van der Waals surface area contributed by atoms with Crippen molar-refractivity contribution in [2.75, 3.05) is 11.9 Å². The van der Waals surface area contributed by atoms with Crippen molar-refractivity contribution in [1.82, 2.24) is 15.3 Å². The molecule has 5 nitrogen and oxygen atoms in total. The zero-order valence-corrected chi connectivity index (χ0v) is 10.9. The summed E-state index contributed by atoms with van der Waals surface area (Å²) in [4.78, 5) is 19.1. The molecule has 0 spiro atoms. The molecule has 0 bridgehead atoms. The summed E-state index contributed by atoms with van der Waals surface area (Å²) in [5.74, 6) is 0.429. The second-order valence-electron chi connectivity index (χ2n) is 4.37. The maximum atomic E-state index is 12.0. The molecule has 1 aliphatic heterocycles. The Morgan fingerprint density at radius 3 is 3.00 bits per heavy atom. The van der Waals surface area contributed by atoms with Gasteiger partial charge in [-0.15, -0.1) is 0 Å². The highest BCUT2D eigenvalue weighted by atomic mass is 35.5. The fourth-order valence-electron chi connectivity index (χ4n) is 2.10. The molecule has 0 atom stereocenters. The van der Waals surface area contributed by atoms with Gasteiger partial charge in [-0.05, 0) is 12.1 Å². The summed E-state index contributed by atoms with van der Waals surface area (Å²) in [6.45, 7) is 1.42. The van der Waals surface area contributed by atoms with E-state index in [2.05, 4.69) is 20.6 Å². The van der Waals surface area contributed by atoms with Crippen molar-refractivity contribution < 1.29 is 0 Å². The molecule has 1 aromatic carbocycles. The summed E-state index contributed by atoms with van der Waals surface area (Å²) in [6.07, 6.45) is 0.760. The first-order valence-electron chi connectivity index (χ1n) is 6.08. The van der Waals surface area contributed by atoms with Crippen molar-refractivity contribution in [3.63, 3.8) is 0 Å². The number of fused-ring (bicyclic) bond motifs is 1. The van der Waals surface area contributed by atoms with Crippen LogP contribution in [0.25, 0.3) is 0 Å². The van der Waals surface area contributed by atoms with Crippen molar-refractivity contribution in [3.8, 4) is 0 Å². The first-order chi connectivity index (χ1) is 9.24. The molecule has 3 rings (SSSR count). The summed E-state index contributed by atoms with van der Waals surface area (Å²) in [5.41, 5.74) is 2.18. The molecule has 0 fully saturated rings. The van der Waals surface area contributed by atoms with Crippen LogP contribution in [-0.4, -0.2) is 16.5 Å². The Labute approximate surface area is 115 Å². The molecule has 3 N–H and O–H groups in total. The van der Waals surface area contributed by atoms with Gasteiger partial charge in [0.25, 0.3) is 5.56 Å². The number of anilines is 2. The van der Waals surface area contributed by atoms with E-state index in [0.717, 1.165) is 29.9 Å². The van der Waals surface area contributed by atoms with Gasteiger partial charge in [0.05, 0.1) is 22.0 Å². The van der Waals surface area contributed by atoms with E-state index in [0.29, 0.717) is 17.5 Å². The highest BCUT2D eigenvalue weighted by Crippen LogP contribution is 2.23. The molecule has 19 heavy (non-hydrogen) atoms. The van der Waals surface area contributed by atoms with Gasteiger partial charge in [0, 0.05) is 19.5 Å². The summed E-state index contributed by atoms with van der Waals surface area (Å²) in [7, 11) is 0. The van der Waals surface area contributed by atoms with E-state index >= 15 is 0 Å². The van der Waals surface area contributed by atoms with Crippen LogP contribution < -0.4 is 16.2 Å². The average molecular weight is 277 g/mol. The number of nitrogens with one attached hydrogen (secondary N) is 3. The van der Waals surface area contributed by atoms with Gasteiger partial charge in [0.15, 0.2) is 0 Å². The molecule has 2 aromatic rings. The number of H-pyrrole nitrogens is 1. The molecule has 0 saturated heterocycles. The van der Waals surface area contributed by atoms with Crippen LogP contribution in [0.15, 0.2) is 29.1 Å². The lowest BCUT2D eigenvalue weighted by atomic mass is 10.1. The summed E-state index contributed by atoms with van der Waals surface area (Å²) < 4.78 is 0. The molecule has 1 aliphatic rings. The molecule has 98 valence electrons. The van der Waals surface area contributed by atoms with Gasteiger partial charge in [-0.2, -0.15) is 0 Å². The number of aromatic nitrogens is 2. The SMILES string of the molecule is O=c1[nH]c(Nc2ccccc2Cl)nc2c1CNCC2. The Bertz CT molecular complexity index is 668. The molecule has 0 radical (unpaired) electrons. The molecule has 0 unspecified atom stereocenters. The molecule has 6 heteroatoms. The predicted octanol–water partition coefficient (Wildman–Crippen LogP) is 1.81. The van der Waals surface area contributed by atoms with Crippen molar-refractivity contribution in [2.24, 2.45) is 0 Å². The molecule has 1 aromatic heterocycles. The number of aromatic amines is 1. The van der Waals surface area contributed by atoms with E-state index in [-0.39, 0.29) is 5.56 Å². The third-order valence-corrected chi connectivity index (χ3v) is 3.40. The Balaban J connectivity index is 1.96. The Morgan fingerprint density at radius 2 is 2.16 bits per heavy atom.